The second-order valence-corrected chi connectivity index (χ2v) is 5.83. The van der Waals surface area contributed by atoms with Crippen molar-refractivity contribution in [1.82, 2.24) is 10.3 Å². The quantitative estimate of drug-likeness (QED) is 0.725. The van der Waals surface area contributed by atoms with Crippen LogP contribution in [0.5, 0.6) is 0 Å². The van der Waals surface area contributed by atoms with Crippen molar-refractivity contribution < 1.29 is 9.53 Å². The van der Waals surface area contributed by atoms with Crippen LogP contribution in [0.4, 0.5) is 5.69 Å². The second kappa shape index (κ2) is 6.09. The van der Waals surface area contributed by atoms with E-state index in [4.69, 9.17) is 10.5 Å². The van der Waals surface area contributed by atoms with E-state index in [1.807, 2.05) is 13.0 Å². The summed E-state index contributed by atoms with van der Waals surface area (Å²) in [5.41, 5.74) is 8.97. The van der Waals surface area contributed by atoms with Gasteiger partial charge in [-0.05, 0) is 37.8 Å². The lowest BCUT2D eigenvalue weighted by Crippen LogP contribution is -2.53. The van der Waals surface area contributed by atoms with Gasteiger partial charge in [0.05, 0.1) is 24.6 Å². The number of carbonyl (C=O) groups is 1. The van der Waals surface area contributed by atoms with E-state index in [2.05, 4.69) is 15.6 Å². The Labute approximate surface area is 124 Å². The summed E-state index contributed by atoms with van der Waals surface area (Å²) in [5.74, 6) is -0.0796. The van der Waals surface area contributed by atoms with Crippen LogP contribution in [-0.2, 0) is 22.4 Å². The largest absolute Gasteiger partial charge is 0.375 e. The van der Waals surface area contributed by atoms with Gasteiger partial charge < -0.3 is 21.1 Å². The van der Waals surface area contributed by atoms with Crippen LogP contribution in [0, 0.1) is 0 Å². The van der Waals surface area contributed by atoms with E-state index in [1.165, 1.54) is 0 Å². The van der Waals surface area contributed by atoms with Crippen molar-refractivity contribution in [2.75, 3.05) is 18.5 Å². The Hall–Kier alpha value is -1.50. The Balaban J connectivity index is 1.70. The average molecular weight is 290 g/mol. The van der Waals surface area contributed by atoms with Gasteiger partial charge >= 0.3 is 0 Å². The molecular weight excluding hydrogens is 268 g/mol. The van der Waals surface area contributed by atoms with E-state index in [1.54, 1.807) is 6.20 Å². The zero-order valence-corrected chi connectivity index (χ0v) is 12.3. The predicted octanol–water partition coefficient (Wildman–Crippen LogP) is 0.213. The lowest BCUT2D eigenvalue weighted by molar-refractivity contribution is -0.123. The van der Waals surface area contributed by atoms with Crippen molar-refractivity contribution in [1.29, 1.82) is 0 Å². The summed E-state index contributed by atoms with van der Waals surface area (Å²) in [4.78, 5) is 16.8. The van der Waals surface area contributed by atoms with Crippen LogP contribution in [0.3, 0.4) is 0 Å². The molecule has 1 amide bonds. The predicted molar refractivity (Wildman–Crippen MR) is 80.1 cm³/mol. The number of hydrogen-bond donors (Lipinski definition) is 3. The van der Waals surface area contributed by atoms with Gasteiger partial charge in [0.25, 0.3) is 0 Å². The normalized spacial score (nSPS) is 28.8. The molecular formula is C15H22N4O2. The Morgan fingerprint density at radius 3 is 3.24 bits per heavy atom. The molecule has 3 atom stereocenters. The molecule has 1 aromatic rings. The highest BCUT2D eigenvalue weighted by Gasteiger charge is 2.28. The van der Waals surface area contributed by atoms with Gasteiger partial charge in [-0.1, -0.05) is 0 Å². The minimum Gasteiger partial charge on any atom is -0.375 e. The number of nitrogens with two attached hydrogens (primary N) is 1. The molecule has 1 aromatic heterocycles. The topological polar surface area (TPSA) is 89.3 Å². The minimum atomic E-state index is -0.322. The van der Waals surface area contributed by atoms with E-state index in [-0.39, 0.29) is 24.1 Å². The first kappa shape index (κ1) is 14.4. The van der Waals surface area contributed by atoms with Crippen LogP contribution >= 0.6 is 0 Å². The monoisotopic (exact) mass is 290 g/mol. The third-order valence-electron chi connectivity index (χ3n) is 4.16. The summed E-state index contributed by atoms with van der Waals surface area (Å²) in [6, 6.07) is 1.86. The fraction of sp³-hybridized carbons (Fsp3) is 0.600. The zero-order chi connectivity index (χ0) is 14.8. The number of fused-ring (bicyclic) bond motifs is 1. The van der Waals surface area contributed by atoms with Gasteiger partial charge in [-0.3, -0.25) is 9.78 Å². The molecule has 21 heavy (non-hydrogen) atoms. The first-order valence-corrected chi connectivity index (χ1v) is 7.52. The third-order valence-corrected chi connectivity index (χ3v) is 4.16. The van der Waals surface area contributed by atoms with Gasteiger partial charge in [0.1, 0.15) is 6.04 Å². The number of ether oxygens (including phenoxy) is 1. The first-order valence-electron chi connectivity index (χ1n) is 7.52. The maximum atomic E-state index is 12.3. The summed E-state index contributed by atoms with van der Waals surface area (Å²) >= 11 is 0. The molecule has 1 aliphatic heterocycles. The molecule has 114 valence electrons. The zero-order valence-electron chi connectivity index (χ0n) is 12.3. The fourth-order valence-electron chi connectivity index (χ4n) is 2.96. The van der Waals surface area contributed by atoms with Crippen molar-refractivity contribution in [3.63, 3.8) is 0 Å². The number of pyridine rings is 1. The smallest absolute Gasteiger partial charge is 0.244 e. The molecule has 1 fully saturated rings. The molecule has 0 saturated carbocycles. The lowest BCUT2D eigenvalue weighted by atomic mass is 9.92. The molecule has 0 bridgehead atoms. The van der Waals surface area contributed by atoms with Gasteiger partial charge in [0, 0.05) is 18.3 Å². The van der Waals surface area contributed by atoms with Crippen molar-refractivity contribution >= 4 is 11.6 Å². The molecule has 1 saturated heterocycles. The highest BCUT2D eigenvalue weighted by Crippen LogP contribution is 2.22. The van der Waals surface area contributed by atoms with Gasteiger partial charge in [-0.15, -0.1) is 0 Å². The van der Waals surface area contributed by atoms with E-state index < -0.39 is 0 Å². The average Bonchev–Trinajstić information content (AvgIpc) is 2.47. The Morgan fingerprint density at radius 2 is 2.43 bits per heavy atom. The summed E-state index contributed by atoms with van der Waals surface area (Å²) in [6.45, 7) is 3.24. The lowest BCUT2D eigenvalue weighted by Gasteiger charge is -2.29. The highest BCUT2D eigenvalue weighted by molar-refractivity contribution is 5.95. The van der Waals surface area contributed by atoms with Crippen molar-refractivity contribution in [2.24, 2.45) is 5.73 Å². The number of rotatable bonds is 2. The fourth-order valence-corrected chi connectivity index (χ4v) is 2.96. The number of nitrogens with one attached hydrogen (secondary N) is 2. The van der Waals surface area contributed by atoms with Crippen LogP contribution in [-0.4, -0.2) is 42.2 Å². The number of carbonyl (C=O) groups excluding carboxylic acids is 1. The van der Waals surface area contributed by atoms with Crippen LogP contribution in [0.1, 0.15) is 24.6 Å². The maximum absolute atomic E-state index is 12.3. The SMILES string of the molecule is C[C@H]1OCCN[C@@H]1C(=O)Nc1cnc2c(c1)CC(N)CC2. The van der Waals surface area contributed by atoms with E-state index >= 15 is 0 Å². The number of amides is 1. The van der Waals surface area contributed by atoms with E-state index in [0.29, 0.717) is 13.2 Å². The van der Waals surface area contributed by atoms with Crippen LogP contribution in [0.2, 0.25) is 0 Å². The number of aryl methyl sites for hydroxylation is 1. The van der Waals surface area contributed by atoms with Crippen molar-refractivity contribution in [3.05, 3.63) is 23.5 Å². The standard InChI is InChI=1S/C15H22N4O2/c1-9-14(17-4-5-21-9)15(20)19-12-7-10-6-11(16)2-3-13(10)18-8-12/h7-9,11,14,17H,2-6,16H2,1H3,(H,19,20)/t9-,11?,14+/m1/s1. The Bertz CT molecular complexity index is 534. The third kappa shape index (κ3) is 3.23. The summed E-state index contributed by atoms with van der Waals surface area (Å²) in [5, 5.41) is 6.10. The number of morpholine rings is 1. The molecule has 0 spiro atoms. The van der Waals surface area contributed by atoms with Crippen molar-refractivity contribution in [2.45, 2.75) is 44.4 Å². The van der Waals surface area contributed by atoms with E-state index in [9.17, 15) is 4.79 Å². The number of aromatic nitrogens is 1. The van der Waals surface area contributed by atoms with Gasteiger partial charge in [0.2, 0.25) is 5.91 Å². The molecule has 0 aromatic carbocycles. The molecule has 2 aliphatic rings. The Kier molecular flexibility index (Phi) is 4.19. The van der Waals surface area contributed by atoms with E-state index in [0.717, 1.165) is 36.2 Å². The molecule has 1 aliphatic carbocycles. The van der Waals surface area contributed by atoms with Gasteiger partial charge in [-0.2, -0.15) is 0 Å². The summed E-state index contributed by atoms with van der Waals surface area (Å²) in [6.07, 6.45) is 4.32. The van der Waals surface area contributed by atoms with Crippen LogP contribution in [0.15, 0.2) is 12.3 Å². The molecule has 1 unspecified atom stereocenters. The van der Waals surface area contributed by atoms with Crippen LogP contribution < -0.4 is 16.4 Å². The highest BCUT2D eigenvalue weighted by atomic mass is 16.5. The number of nitrogens with zero attached hydrogens (tertiary/aromatic N) is 1. The minimum absolute atomic E-state index is 0.0796. The first-order chi connectivity index (χ1) is 10.1. The second-order valence-electron chi connectivity index (χ2n) is 5.83. The molecule has 2 heterocycles. The molecule has 4 N–H and O–H groups in total. The maximum Gasteiger partial charge on any atom is 0.244 e. The number of anilines is 1. The molecule has 6 heteroatoms. The molecule has 3 rings (SSSR count). The van der Waals surface area contributed by atoms with Crippen molar-refractivity contribution in [3.8, 4) is 0 Å². The number of hydrogen-bond acceptors (Lipinski definition) is 5. The van der Waals surface area contributed by atoms with Gasteiger partial charge in [-0.25, -0.2) is 0 Å². The Morgan fingerprint density at radius 1 is 1.57 bits per heavy atom. The summed E-state index contributed by atoms with van der Waals surface area (Å²) in [7, 11) is 0. The van der Waals surface area contributed by atoms with Gasteiger partial charge in [0.15, 0.2) is 0 Å². The van der Waals surface area contributed by atoms with Crippen LogP contribution in [0.25, 0.3) is 0 Å². The summed E-state index contributed by atoms with van der Waals surface area (Å²) < 4.78 is 5.50. The molecule has 0 radical (unpaired) electrons. The molecule has 6 nitrogen and oxygen atoms in total.